The predicted octanol–water partition coefficient (Wildman–Crippen LogP) is 3.66. The van der Waals surface area contributed by atoms with E-state index < -0.39 is 0 Å². The van der Waals surface area contributed by atoms with Crippen molar-refractivity contribution in [2.75, 3.05) is 13.1 Å². The van der Waals surface area contributed by atoms with Crippen molar-refractivity contribution in [3.05, 3.63) is 60.0 Å². The summed E-state index contributed by atoms with van der Waals surface area (Å²) in [5.41, 5.74) is 2.05. The summed E-state index contributed by atoms with van der Waals surface area (Å²) in [6, 6.07) is 14.5. The van der Waals surface area contributed by atoms with Crippen molar-refractivity contribution >= 4 is 11.6 Å². The summed E-state index contributed by atoms with van der Waals surface area (Å²) < 4.78 is 8.53. The van der Waals surface area contributed by atoms with Crippen LogP contribution >= 0.6 is 0 Å². The lowest BCUT2D eigenvalue weighted by Gasteiger charge is -2.40. The number of fused-ring (bicyclic) bond motifs is 2. The topological polar surface area (TPSA) is 75.8 Å². The highest BCUT2D eigenvalue weighted by Crippen LogP contribution is 2.46. The van der Waals surface area contributed by atoms with Crippen LogP contribution < -0.4 is 15.4 Å². The molecule has 0 amide bonds. The molecule has 1 aliphatic heterocycles. The molecule has 2 N–H and O–H groups in total. The summed E-state index contributed by atoms with van der Waals surface area (Å²) in [6.45, 7) is 3.55. The standard InChI is InChI=1S/C24H30N6O/c1-2-25-23(26-15-12-22-29-28-21-11-5-8-16-30(21)22)27-19-17-24(13-6-7-14-24)31-20-10-4-3-9-18(19)20/h3-5,8-11,16,19H,2,6-7,12-15,17H2,1H3,(H2,25,26,27). The molecule has 0 radical (unpaired) electrons. The Morgan fingerprint density at radius 3 is 2.87 bits per heavy atom. The molecule has 1 saturated carbocycles. The fourth-order valence-corrected chi connectivity index (χ4v) is 4.89. The molecule has 162 valence electrons. The Kier molecular flexibility index (Phi) is 5.49. The van der Waals surface area contributed by atoms with Gasteiger partial charge in [0.05, 0.1) is 6.04 Å². The minimum atomic E-state index is -0.0379. The fourth-order valence-electron chi connectivity index (χ4n) is 4.89. The SMILES string of the molecule is CCNC(=NCCc1nnc2ccccn12)NC1CC2(CCCC2)Oc2ccccc21. The van der Waals surface area contributed by atoms with E-state index in [4.69, 9.17) is 9.73 Å². The van der Waals surface area contributed by atoms with Crippen LogP contribution in [0.5, 0.6) is 5.75 Å². The number of ether oxygens (including phenoxy) is 1. The van der Waals surface area contributed by atoms with Crippen LogP contribution in [0, 0.1) is 0 Å². The molecule has 0 saturated heterocycles. The van der Waals surface area contributed by atoms with Crippen LogP contribution in [0.1, 0.15) is 56.5 Å². The molecule has 3 aromatic rings. The molecule has 1 aromatic carbocycles. The van der Waals surface area contributed by atoms with Gasteiger partial charge in [0.25, 0.3) is 0 Å². The maximum atomic E-state index is 6.50. The second-order valence-electron chi connectivity index (χ2n) is 8.49. The van der Waals surface area contributed by atoms with Gasteiger partial charge in [0.1, 0.15) is 17.2 Å². The molecule has 31 heavy (non-hydrogen) atoms. The Morgan fingerprint density at radius 1 is 1.16 bits per heavy atom. The highest BCUT2D eigenvalue weighted by molar-refractivity contribution is 5.80. The highest BCUT2D eigenvalue weighted by atomic mass is 16.5. The summed E-state index contributed by atoms with van der Waals surface area (Å²) in [5.74, 6) is 2.78. The third-order valence-corrected chi connectivity index (χ3v) is 6.36. The fraction of sp³-hybridized carbons (Fsp3) is 0.458. The van der Waals surface area contributed by atoms with Crippen molar-refractivity contribution in [3.63, 3.8) is 0 Å². The quantitative estimate of drug-likeness (QED) is 0.488. The molecule has 1 unspecified atom stereocenters. The molecular weight excluding hydrogens is 388 g/mol. The number of aromatic nitrogens is 3. The molecule has 2 aliphatic rings. The average molecular weight is 419 g/mol. The number of para-hydroxylation sites is 1. The Hall–Kier alpha value is -3.09. The van der Waals surface area contributed by atoms with Gasteiger partial charge >= 0.3 is 0 Å². The molecule has 0 bridgehead atoms. The van der Waals surface area contributed by atoms with Gasteiger partial charge in [0.15, 0.2) is 11.6 Å². The van der Waals surface area contributed by atoms with Crippen molar-refractivity contribution in [2.45, 2.75) is 57.1 Å². The Labute approximate surface area is 182 Å². The van der Waals surface area contributed by atoms with Crippen LogP contribution in [-0.2, 0) is 6.42 Å². The van der Waals surface area contributed by atoms with Gasteiger partial charge in [-0.2, -0.15) is 0 Å². The summed E-state index contributed by atoms with van der Waals surface area (Å²) >= 11 is 0. The second-order valence-corrected chi connectivity index (χ2v) is 8.49. The predicted molar refractivity (Wildman–Crippen MR) is 121 cm³/mol. The maximum absolute atomic E-state index is 6.50. The van der Waals surface area contributed by atoms with E-state index >= 15 is 0 Å². The molecule has 1 spiro atoms. The van der Waals surface area contributed by atoms with Gasteiger partial charge in [-0.25, -0.2) is 0 Å². The first-order chi connectivity index (χ1) is 15.3. The summed E-state index contributed by atoms with van der Waals surface area (Å²) in [7, 11) is 0. The number of benzene rings is 1. The zero-order valence-corrected chi connectivity index (χ0v) is 18.1. The largest absolute Gasteiger partial charge is 0.487 e. The van der Waals surface area contributed by atoms with E-state index in [9.17, 15) is 0 Å². The first-order valence-electron chi connectivity index (χ1n) is 11.4. The van der Waals surface area contributed by atoms with E-state index in [0.717, 1.165) is 55.4 Å². The van der Waals surface area contributed by atoms with Gasteiger partial charge in [-0.05, 0) is 50.8 Å². The number of hydrogen-bond donors (Lipinski definition) is 2. The monoisotopic (exact) mass is 418 g/mol. The molecule has 1 fully saturated rings. The number of guanidine groups is 1. The number of hydrogen-bond acceptors (Lipinski definition) is 4. The smallest absolute Gasteiger partial charge is 0.191 e. The van der Waals surface area contributed by atoms with Crippen molar-refractivity contribution in [2.24, 2.45) is 4.99 Å². The second kappa shape index (κ2) is 8.57. The molecule has 3 heterocycles. The van der Waals surface area contributed by atoms with Crippen molar-refractivity contribution in [3.8, 4) is 5.75 Å². The first-order valence-corrected chi connectivity index (χ1v) is 11.4. The summed E-state index contributed by atoms with van der Waals surface area (Å²) in [4.78, 5) is 4.85. The molecular formula is C24H30N6O. The average Bonchev–Trinajstić information content (AvgIpc) is 3.41. The van der Waals surface area contributed by atoms with Gasteiger partial charge < -0.3 is 15.4 Å². The Bertz CT molecular complexity index is 1070. The summed E-state index contributed by atoms with van der Waals surface area (Å²) in [6.07, 6.45) is 8.46. The van der Waals surface area contributed by atoms with E-state index in [-0.39, 0.29) is 11.6 Å². The zero-order chi connectivity index (χ0) is 21.1. The van der Waals surface area contributed by atoms with Gasteiger partial charge in [0.2, 0.25) is 0 Å². The number of pyridine rings is 1. The van der Waals surface area contributed by atoms with E-state index in [1.54, 1.807) is 0 Å². The third kappa shape index (κ3) is 4.09. The zero-order valence-electron chi connectivity index (χ0n) is 18.1. The van der Waals surface area contributed by atoms with Crippen LogP contribution in [0.25, 0.3) is 5.65 Å². The maximum Gasteiger partial charge on any atom is 0.191 e. The lowest BCUT2D eigenvalue weighted by molar-refractivity contribution is 0.0396. The van der Waals surface area contributed by atoms with Crippen LogP contribution in [-0.4, -0.2) is 39.2 Å². The number of rotatable bonds is 5. The van der Waals surface area contributed by atoms with Crippen LogP contribution in [0.2, 0.25) is 0 Å². The summed E-state index contributed by atoms with van der Waals surface area (Å²) in [5, 5.41) is 15.7. The molecule has 2 aromatic heterocycles. The van der Waals surface area contributed by atoms with E-state index in [0.29, 0.717) is 6.54 Å². The van der Waals surface area contributed by atoms with Gasteiger partial charge in [-0.1, -0.05) is 24.3 Å². The first kappa shape index (κ1) is 19.8. The molecule has 7 heteroatoms. The lowest BCUT2D eigenvalue weighted by atomic mass is 9.86. The minimum Gasteiger partial charge on any atom is -0.487 e. The van der Waals surface area contributed by atoms with E-state index in [1.165, 1.54) is 18.4 Å². The van der Waals surface area contributed by atoms with Crippen molar-refractivity contribution in [1.82, 2.24) is 25.2 Å². The number of aliphatic imine (C=N–C) groups is 1. The minimum absolute atomic E-state index is 0.0379. The molecule has 1 aliphatic carbocycles. The molecule has 5 rings (SSSR count). The third-order valence-electron chi connectivity index (χ3n) is 6.36. The Morgan fingerprint density at radius 2 is 2.00 bits per heavy atom. The van der Waals surface area contributed by atoms with Crippen LogP contribution in [0.4, 0.5) is 0 Å². The Balaban J connectivity index is 1.33. The number of nitrogens with zero attached hydrogens (tertiary/aromatic N) is 4. The van der Waals surface area contributed by atoms with E-state index in [2.05, 4.69) is 52.0 Å². The number of nitrogens with one attached hydrogen (secondary N) is 2. The van der Waals surface area contributed by atoms with Crippen molar-refractivity contribution < 1.29 is 4.74 Å². The lowest BCUT2D eigenvalue weighted by Crippen LogP contribution is -2.46. The van der Waals surface area contributed by atoms with Gasteiger partial charge in [0, 0.05) is 37.7 Å². The van der Waals surface area contributed by atoms with Crippen LogP contribution in [0.15, 0.2) is 53.7 Å². The van der Waals surface area contributed by atoms with Gasteiger partial charge in [-0.15, -0.1) is 10.2 Å². The van der Waals surface area contributed by atoms with E-state index in [1.807, 2.05) is 28.8 Å². The van der Waals surface area contributed by atoms with Crippen molar-refractivity contribution in [1.29, 1.82) is 0 Å². The molecule has 7 nitrogen and oxygen atoms in total. The normalized spacial score (nSPS) is 19.9. The van der Waals surface area contributed by atoms with Gasteiger partial charge in [-0.3, -0.25) is 9.39 Å². The highest BCUT2D eigenvalue weighted by Gasteiger charge is 2.43. The van der Waals surface area contributed by atoms with Crippen LogP contribution in [0.3, 0.4) is 0 Å². The molecule has 1 atom stereocenters.